The Bertz CT molecular complexity index is 1370. The third-order valence-corrected chi connectivity index (χ3v) is 27.4. The van der Waals surface area contributed by atoms with Gasteiger partial charge in [-0.25, -0.2) is 0 Å². The van der Waals surface area contributed by atoms with Crippen LogP contribution in [0.2, 0.25) is 54.4 Å². The molecule has 0 aliphatic carbocycles. The van der Waals surface area contributed by atoms with E-state index in [9.17, 15) is 22.9 Å². The first kappa shape index (κ1) is 57.5. The zero-order valence-electron chi connectivity index (χ0n) is 41.1. The zero-order valence-corrected chi connectivity index (χ0v) is 44.9. The van der Waals surface area contributed by atoms with Crippen LogP contribution < -0.4 is 0 Å². The molecule has 6 atom stereocenters. The van der Waals surface area contributed by atoms with Crippen molar-refractivity contribution in [2.75, 3.05) is 19.0 Å². The minimum atomic E-state index is -4.55. The molecule has 0 aromatic carbocycles. The molecule has 15 heteroatoms. The van der Waals surface area contributed by atoms with E-state index >= 15 is 0 Å². The normalized spacial score (nSPS) is 22.1. The summed E-state index contributed by atoms with van der Waals surface area (Å²) in [4.78, 5) is 12.6. The minimum absolute atomic E-state index is 0.224. The van der Waals surface area contributed by atoms with Gasteiger partial charge < -0.3 is 32.6 Å². The van der Waals surface area contributed by atoms with Crippen molar-refractivity contribution in [3.8, 4) is 0 Å². The van der Waals surface area contributed by atoms with Crippen LogP contribution >= 0.6 is 0 Å². The lowest BCUT2D eigenvalue weighted by atomic mass is 10.00. The number of esters is 1. The van der Waals surface area contributed by atoms with E-state index in [2.05, 4.69) is 121 Å². The van der Waals surface area contributed by atoms with Crippen molar-refractivity contribution in [2.24, 2.45) is 0 Å². The highest BCUT2D eigenvalue weighted by Gasteiger charge is 2.57. The molecule has 356 valence electrons. The molecule has 0 spiro atoms. The fraction of sp³-hybridized carbons (Fsp3) is 0.933. The maximum absolute atomic E-state index is 12.6. The molecule has 1 heterocycles. The van der Waals surface area contributed by atoms with Crippen molar-refractivity contribution in [3.05, 3.63) is 12.2 Å². The average molecular weight is 926 g/mol. The van der Waals surface area contributed by atoms with Gasteiger partial charge in [-0.2, -0.15) is 8.42 Å². The standard InChI is InChI=1S/C45H92O11SSi3/c1-17-18-19-20-21-22-23-24-25-26-27-28-29-30-31-32-38(47)51-33-36(46)34-52-42-41(56-60(15,16)45(8,9)10)40(55-59(13,14)44(5,6)7)39(37(53-42)35-57(48,49)50)54-58(11,12)43(2,3)4/h24-25,36-37,39-42,46H,17-23,26-35H2,1-16H3,(H,48,49,50)/b25-24-/t36?,37-,39-,40+,41-,42+/m1/s1. The average Bonchev–Trinajstić information content (AvgIpc) is 3.08. The number of hydrogen-bond acceptors (Lipinski definition) is 10. The Balaban J connectivity index is 3.08. The summed E-state index contributed by atoms with van der Waals surface area (Å²) in [5.74, 6) is -1.12. The molecular formula is C45H92O11SSi3. The summed E-state index contributed by atoms with van der Waals surface area (Å²) in [6, 6.07) is 0. The molecule has 1 rings (SSSR count). The second-order valence-corrected chi connectivity index (χ2v) is 37.6. The first-order chi connectivity index (χ1) is 27.4. The van der Waals surface area contributed by atoms with Crippen molar-refractivity contribution >= 4 is 41.0 Å². The van der Waals surface area contributed by atoms with E-state index in [0.717, 1.165) is 38.5 Å². The number of ether oxygens (including phenoxy) is 3. The first-order valence-corrected chi connectivity index (χ1v) is 33.4. The molecule has 1 aliphatic rings. The fourth-order valence-electron chi connectivity index (χ4n) is 6.16. The Morgan fingerprint density at radius 1 is 0.650 bits per heavy atom. The lowest BCUT2D eigenvalue weighted by Gasteiger charge is -2.54. The van der Waals surface area contributed by atoms with Crippen molar-refractivity contribution in [2.45, 2.75) is 250 Å². The van der Waals surface area contributed by atoms with Gasteiger partial charge in [-0.1, -0.05) is 133 Å². The molecule has 0 saturated carbocycles. The summed E-state index contributed by atoms with van der Waals surface area (Å²) < 4.78 is 75.0. The van der Waals surface area contributed by atoms with Gasteiger partial charge in [0, 0.05) is 6.42 Å². The van der Waals surface area contributed by atoms with Crippen molar-refractivity contribution < 1.29 is 50.4 Å². The highest BCUT2D eigenvalue weighted by Crippen LogP contribution is 2.46. The molecule has 0 aromatic heterocycles. The monoisotopic (exact) mass is 925 g/mol. The fourth-order valence-corrected chi connectivity index (χ4v) is 10.7. The summed E-state index contributed by atoms with van der Waals surface area (Å²) in [5.41, 5.74) is 0. The second kappa shape index (κ2) is 25.3. The van der Waals surface area contributed by atoms with E-state index in [4.69, 9.17) is 27.5 Å². The molecule has 60 heavy (non-hydrogen) atoms. The molecule has 0 radical (unpaired) electrons. The summed E-state index contributed by atoms with van der Waals surface area (Å²) in [7, 11) is -12.3. The smallest absolute Gasteiger partial charge is 0.305 e. The Kier molecular flexibility index (Phi) is 24.3. The van der Waals surface area contributed by atoms with Crippen LogP contribution in [0.25, 0.3) is 0 Å². The number of unbranched alkanes of at least 4 members (excludes halogenated alkanes) is 11. The highest BCUT2D eigenvalue weighted by molar-refractivity contribution is 7.85. The third kappa shape index (κ3) is 21.0. The number of carbonyl (C=O) groups excluding carboxylic acids is 1. The zero-order chi connectivity index (χ0) is 46.2. The second-order valence-electron chi connectivity index (χ2n) is 21.8. The van der Waals surface area contributed by atoms with Crippen LogP contribution in [0.4, 0.5) is 0 Å². The van der Waals surface area contributed by atoms with Gasteiger partial charge in [0.15, 0.2) is 31.2 Å². The number of rotatable bonds is 28. The van der Waals surface area contributed by atoms with Gasteiger partial charge in [-0.3, -0.25) is 9.35 Å². The van der Waals surface area contributed by atoms with Crippen molar-refractivity contribution in [1.29, 1.82) is 0 Å². The SMILES string of the molecule is CCCCCCCC/C=C\CCCCCCCC(=O)OCC(O)CO[C@H]1O[C@H](CS(=O)(=O)O)[C@@H](O[Si](C)(C)C(C)(C)C)[C@H](O[Si](C)(C)C(C)(C)C)[C@H]1O[Si](C)(C)C(C)(C)C. The molecule has 0 amide bonds. The lowest BCUT2D eigenvalue weighted by Crippen LogP contribution is -2.68. The van der Waals surface area contributed by atoms with E-state index in [1.165, 1.54) is 44.9 Å². The molecule has 1 aliphatic heterocycles. The number of carbonyl (C=O) groups is 1. The van der Waals surface area contributed by atoms with Crippen LogP contribution in [0, 0.1) is 0 Å². The van der Waals surface area contributed by atoms with E-state index in [1.807, 2.05) is 0 Å². The van der Waals surface area contributed by atoms with Crippen LogP contribution in [0.15, 0.2) is 12.2 Å². The van der Waals surface area contributed by atoms with Gasteiger partial charge in [0.25, 0.3) is 10.1 Å². The van der Waals surface area contributed by atoms with E-state index < -0.39 is 77.6 Å². The Labute approximate surface area is 371 Å². The minimum Gasteiger partial charge on any atom is -0.463 e. The van der Waals surface area contributed by atoms with E-state index in [1.54, 1.807) is 0 Å². The van der Waals surface area contributed by atoms with Crippen LogP contribution in [-0.2, 0) is 42.4 Å². The quantitative estimate of drug-likeness (QED) is 0.0254. The first-order valence-electron chi connectivity index (χ1n) is 23.1. The van der Waals surface area contributed by atoms with Crippen LogP contribution in [0.5, 0.6) is 0 Å². The lowest BCUT2D eigenvalue weighted by molar-refractivity contribution is -0.288. The molecule has 0 aromatic rings. The molecule has 1 unspecified atom stereocenters. The number of hydrogen-bond donors (Lipinski definition) is 2. The van der Waals surface area contributed by atoms with Crippen molar-refractivity contribution in [1.82, 2.24) is 0 Å². The van der Waals surface area contributed by atoms with Gasteiger partial charge in [0.2, 0.25) is 0 Å². The number of allylic oxidation sites excluding steroid dienone is 2. The predicted octanol–water partition coefficient (Wildman–Crippen LogP) is 11.7. The Hall–Kier alpha value is -0.469. The Morgan fingerprint density at radius 2 is 1.07 bits per heavy atom. The van der Waals surface area contributed by atoms with Gasteiger partial charge in [0.05, 0.1) is 6.61 Å². The molecule has 0 bridgehead atoms. The van der Waals surface area contributed by atoms with Crippen molar-refractivity contribution in [3.63, 3.8) is 0 Å². The summed E-state index contributed by atoms with van der Waals surface area (Å²) in [5, 5.41) is 10.3. The molecule has 11 nitrogen and oxygen atoms in total. The van der Waals surface area contributed by atoms with Gasteiger partial charge in [-0.05, 0) is 86.5 Å². The number of aliphatic hydroxyl groups excluding tert-OH is 1. The van der Waals surface area contributed by atoms with Gasteiger partial charge >= 0.3 is 5.97 Å². The predicted molar refractivity (Wildman–Crippen MR) is 254 cm³/mol. The molecule has 1 fully saturated rings. The van der Waals surface area contributed by atoms with Crippen LogP contribution in [-0.4, -0.2) is 105 Å². The van der Waals surface area contributed by atoms with Crippen LogP contribution in [0.1, 0.15) is 159 Å². The molecule has 2 N–H and O–H groups in total. The van der Waals surface area contributed by atoms with E-state index in [0.29, 0.717) is 0 Å². The summed E-state index contributed by atoms with van der Waals surface area (Å²) in [6.45, 7) is 33.4. The molecular weight excluding hydrogens is 833 g/mol. The Morgan fingerprint density at radius 3 is 1.52 bits per heavy atom. The molecule has 1 saturated heterocycles. The maximum atomic E-state index is 12.6. The third-order valence-electron chi connectivity index (χ3n) is 13.2. The topological polar surface area (TPSA) is 147 Å². The van der Waals surface area contributed by atoms with E-state index in [-0.39, 0.29) is 40.7 Å². The maximum Gasteiger partial charge on any atom is 0.305 e. The largest absolute Gasteiger partial charge is 0.463 e. The highest BCUT2D eigenvalue weighted by atomic mass is 32.2. The van der Waals surface area contributed by atoms with Gasteiger partial charge in [0.1, 0.15) is 42.9 Å². The summed E-state index contributed by atoms with van der Waals surface area (Å²) in [6.07, 6.45) is 14.0. The van der Waals surface area contributed by atoms with Crippen LogP contribution in [0.3, 0.4) is 0 Å². The van der Waals surface area contributed by atoms with Gasteiger partial charge in [-0.15, -0.1) is 0 Å². The number of aliphatic hydroxyl groups is 1. The summed E-state index contributed by atoms with van der Waals surface area (Å²) >= 11 is 0.